The maximum atomic E-state index is 5.57. The lowest BCUT2D eigenvalue weighted by Gasteiger charge is -2.30. The summed E-state index contributed by atoms with van der Waals surface area (Å²) in [4.78, 5) is 4.60. The molecule has 2 heterocycles. The van der Waals surface area contributed by atoms with E-state index in [9.17, 15) is 0 Å². The van der Waals surface area contributed by atoms with Gasteiger partial charge in [-0.25, -0.2) is 4.98 Å². The van der Waals surface area contributed by atoms with Gasteiger partial charge in [-0.05, 0) is 18.6 Å². The van der Waals surface area contributed by atoms with Crippen LogP contribution >= 0.6 is 23.1 Å². The Balaban J connectivity index is 2.19. The number of thiazole rings is 1. The minimum atomic E-state index is 0.307. The van der Waals surface area contributed by atoms with Crippen molar-refractivity contribution in [2.75, 3.05) is 11.5 Å². The summed E-state index contributed by atoms with van der Waals surface area (Å²) in [7, 11) is 0. The lowest BCUT2D eigenvalue weighted by atomic mass is 9.88. The van der Waals surface area contributed by atoms with Crippen LogP contribution in [0.5, 0.6) is 0 Å². The van der Waals surface area contributed by atoms with Crippen LogP contribution in [0.25, 0.3) is 0 Å². The summed E-state index contributed by atoms with van der Waals surface area (Å²) in [5, 5.41) is 3.38. The topological polar surface area (TPSA) is 38.9 Å². The fraction of sp³-hybridized carbons (Fsp3) is 0.700. The highest BCUT2D eigenvalue weighted by Crippen LogP contribution is 2.38. The Morgan fingerprint density at radius 3 is 3.07 bits per heavy atom. The van der Waals surface area contributed by atoms with Crippen molar-refractivity contribution in [1.29, 1.82) is 0 Å². The molecule has 2 N–H and O–H groups in total. The van der Waals surface area contributed by atoms with Gasteiger partial charge in [-0.1, -0.05) is 6.92 Å². The van der Waals surface area contributed by atoms with Crippen molar-refractivity contribution in [3.8, 4) is 0 Å². The second-order valence-electron chi connectivity index (χ2n) is 4.06. The van der Waals surface area contributed by atoms with Crippen LogP contribution in [0.4, 0.5) is 0 Å². The average molecular weight is 228 g/mol. The van der Waals surface area contributed by atoms with Crippen LogP contribution in [-0.2, 0) is 12.0 Å². The van der Waals surface area contributed by atoms with Gasteiger partial charge in [-0.2, -0.15) is 11.8 Å². The molecule has 14 heavy (non-hydrogen) atoms. The van der Waals surface area contributed by atoms with Crippen LogP contribution in [0.15, 0.2) is 5.38 Å². The minimum absolute atomic E-state index is 0.307. The second kappa shape index (κ2) is 4.21. The second-order valence-corrected chi connectivity index (χ2v) is 6.03. The highest BCUT2D eigenvalue weighted by Gasteiger charge is 2.31. The van der Waals surface area contributed by atoms with E-state index in [0.717, 1.165) is 5.69 Å². The molecule has 4 heteroatoms. The van der Waals surface area contributed by atoms with E-state index < -0.39 is 0 Å². The van der Waals surface area contributed by atoms with Gasteiger partial charge in [-0.15, -0.1) is 11.3 Å². The molecule has 1 atom stereocenters. The lowest BCUT2D eigenvalue weighted by molar-refractivity contribution is 0.469. The van der Waals surface area contributed by atoms with Crippen molar-refractivity contribution < 1.29 is 0 Å². The van der Waals surface area contributed by atoms with Crippen LogP contribution < -0.4 is 5.73 Å². The third-order valence-electron chi connectivity index (χ3n) is 2.72. The molecule has 1 aliphatic rings. The van der Waals surface area contributed by atoms with Crippen LogP contribution in [-0.4, -0.2) is 16.5 Å². The number of rotatable bonds is 2. The Morgan fingerprint density at radius 1 is 1.64 bits per heavy atom. The van der Waals surface area contributed by atoms with E-state index >= 15 is 0 Å². The molecule has 1 saturated heterocycles. The normalized spacial score (nSPS) is 27.9. The van der Waals surface area contributed by atoms with E-state index in [4.69, 9.17) is 5.73 Å². The Hall–Kier alpha value is -0.0600. The quantitative estimate of drug-likeness (QED) is 0.844. The third-order valence-corrected chi connectivity index (χ3v) is 5.33. The summed E-state index contributed by atoms with van der Waals surface area (Å²) < 4.78 is 0. The van der Waals surface area contributed by atoms with E-state index in [1.165, 1.54) is 29.4 Å². The molecule has 0 bridgehead atoms. The molecule has 1 aromatic rings. The first-order chi connectivity index (χ1) is 6.74. The molecule has 0 spiro atoms. The van der Waals surface area contributed by atoms with Crippen LogP contribution in [0, 0.1) is 0 Å². The molecule has 2 nitrogen and oxygen atoms in total. The summed E-state index contributed by atoms with van der Waals surface area (Å²) in [5.74, 6) is 2.52. The summed E-state index contributed by atoms with van der Waals surface area (Å²) in [6.07, 6.45) is 2.59. The number of hydrogen-bond donors (Lipinski definition) is 1. The van der Waals surface area contributed by atoms with Crippen LogP contribution in [0.1, 0.15) is 30.5 Å². The molecule has 2 rings (SSSR count). The predicted molar refractivity (Wildman–Crippen MR) is 63.9 cm³/mol. The van der Waals surface area contributed by atoms with E-state index in [2.05, 4.69) is 17.3 Å². The maximum absolute atomic E-state index is 5.57. The van der Waals surface area contributed by atoms with E-state index in [0.29, 0.717) is 12.0 Å². The van der Waals surface area contributed by atoms with Gasteiger partial charge in [0.2, 0.25) is 0 Å². The van der Waals surface area contributed by atoms with Crippen molar-refractivity contribution >= 4 is 23.1 Å². The number of thioether (sulfide) groups is 1. The molecule has 0 saturated carbocycles. The Labute approximate surface area is 93.3 Å². The summed E-state index contributed by atoms with van der Waals surface area (Å²) >= 11 is 3.82. The van der Waals surface area contributed by atoms with Gasteiger partial charge in [-0.3, -0.25) is 0 Å². The SMILES string of the molecule is CC1(c2nc(CN)cs2)CCCSC1. The van der Waals surface area contributed by atoms with Crippen molar-refractivity contribution in [3.63, 3.8) is 0 Å². The van der Waals surface area contributed by atoms with Gasteiger partial charge in [0.05, 0.1) is 10.7 Å². The zero-order valence-corrected chi connectivity index (χ0v) is 10.1. The average Bonchev–Trinajstić information content (AvgIpc) is 2.67. The molecule has 0 amide bonds. The summed E-state index contributed by atoms with van der Waals surface area (Å²) in [6, 6.07) is 0. The molecule has 0 radical (unpaired) electrons. The highest BCUT2D eigenvalue weighted by molar-refractivity contribution is 7.99. The van der Waals surface area contributed by atoms with Crippen molar-refractivity contribution in [2.45, 2.75) is 31.7 Å². The van der Waals surface area contributed by atoms with Crippen molar-refractivity contribution in [2.24, 2.45) is 5.73 Å². The van der Waals surface area contributed by atoms with Gasteiger partial charge >= 0.3 is 0 Å². The molecule has 1 aliphatic heterocycles. The van der Waals surface area contributed by atoms with Gasteiger partial charge in [0.1, 0.15) is 0 Å². The molecular formula is C10H16N2S2. The first kappa shape index (κ1) is 10.5. The molecule has 0 aliphatic carbocycles. The number of aromatic nitrogens is 1. The maximum Gasteiger partial charge on any atom is 0.0996 e. The van der Waals surface area contributed by atoms with Gasteiger partial charge in [0.25, 0.3) is 0 Å². The molecule has 1 unspecified atom stereocenters. The molecule has 0 aromatic carbocycles. The molecule has 1 aromatic heterocycles. The first-order valence-electron chi connectivity index (χ1n) is 4.97. The van der Waals surface area contributed by atoms with Gasteiger partial charge in [0, 0.05) is 23.1 Å². The number of nitrogens with two attached hydrogens (primary N) is 1. The Bertz CT molecular complexity index is 303. The van der Waals surface area contributed by atoms with Crippen molar-refractivity contribution in [3.05, 3.63) is 16.1 Å². The Kier molecular flexibility index (Phi) is 3.14. The lowest BCUT2D eigenvalue weighted by Crippen LogP contribution is -2.28. The van der Waals surface area contributed by atoms with Crippen molar-refractivity contribution in [1.82, 2.24) is 4.98 Å². The van der Waals surface area contributed by atoms with Gasteiger partial charge in [0.15, 0.2) is 0 Å². The monoisotopic (exact) mass is 228 g/mol. The summed E-state index contributed by atoms with van der Waals surface area (Å²) in [5.41, 5.74) is 6.92. The fourth-order valence-electron chi connectivity index (χ4n) is 1.78. The standard InChI is InChI=1S/C10H16N2S2/c1-10(3-2-4-13-7-10)9-12-8(5-11)6-14-9/h6H,2-5,7,11H2,1H3. The van der Waals surface area contributed by atoms with E-state index in [1.807, 2.05) is 11.8 Å². The minimum Gasteiger partial charge on any atom is -0.325 e. The molecular weight excluding hydrogens is 212 g/mol. The number of hydrogen-bond acceptors (Lipinski definition) is 4. The zero-order chi connectivity index (χ0) is 10.0. The van der Waals surface area contributed by atoms with Gasteiger partial charge < -0.3 is 5.73 Å². The summed E-state index contributed by atoms with van der Waals surface area (Å²) in [6.45, 7) is 2.90. The third kappa shape index (κ3) is 1.97. The van der Waals surface area contributed by atoms with E-state index in [1.54, 1.807) is 11.3 Å². The molecule has 78 valence electrons. The first-order valence-corrected chi connectivity index (χ1v) is 7.01. The van der Waals surface area contributed by atoms with Crippen LogP contribution in [0.2, 0.25) is 0 Å². The molecule has 1 fully saturated rings. The number of nitrogens with zero attached hydrogens (tertiary/aromatic N) is 1. The fourth-order valence-corrected chi connectivity index (χ4v) is 4.12. The predicted octanol–water partition coefficient (Wildman–Crippen LogP) is 2.39. The highest BCUT2D eigenvalue weighted by atomic mass is 32.2. The largest absolute Gasteiger partial charge is 0.325 e. The van der Waals surface area contributed by atoms with Crippen LogP contribution in [0.3, 0.4) is 0 Å². The zero-order valence-electron chi connectivity index (χ0n) is 8.45. The van der Waals surface area contributed by atoms with E-state index in [-0.39, 0.29) is 0 Å². The smallest absolute Gasteiger partial charge is 0.0996 e. The Morgan fingerprint density at radius 2 is 2.50 bits per heavy atom.